The van der Waals surface area contributed by atoms with Crippen molar-refractivity contribution in [3.8, 4) is 6.07 Å². The Morgan fingerprint density at radius 3 is 3.00 bits per heavy atom. The Balaban J connectivity index is 2.20. The Labute approximate surface area is 102 Å². The summed E-state index contributed by atoms with van der Waals surface area (Å²) in [5.74, 6) is -0.298. The van der Waals surface area contributed by atoms with Gasteiger partial charge in [0.1, 0.15) is 11.1 Å². The maximum Gasteiger partial charge on any atom is 0.276 e. The number of thiophene rings is 1. The molecule has 86 valence electrons. The van der Waals surface area contributed by atoms with Gasteiger partial charge < -0.3 is 5.32 Å². The fourth-order valence-corrected chi connectivity index (χ4v) is 2.07. The highest BCUT2D eigenvalue weighted by Crippen LogP contribution is 2.22. The molecule has 0 spiro atoms. The average molecular weight is 246 g/mol. The minimum atomic E-state index is -0.298. The molecular formula is C11H10N4OS. The number of rotatable bonds is 2. The first-order chi connectivity index (χ1) is 8.11. The van der Waals surface area contributed by atoms with Gasteiger partial charge in [-0.15, -0.1) is 11.3 Å². The number of aromatic nitrogens is 2. The zero-order valence-electron chi connectivity index (χ0n) is 9.39. The third kappa shape index (κ3) is 2.19. The second kappa shape index (κ2) is 4.39. The number of carbonyl (C=O) groups is 1. The summed E-state index contributed by atoms with van der Waals surface area (Å²) in [5, 5.41) is 17.9. The maximum absolute atomic E-state index is 11.9. The quantitative estimate of drug-likeness (QED) is 0.879. The van der Waals surface area contributed by atoms with Crippen molar-refractivity contribution in [1.29, 1.82) is 5.26 Å². The molecule has 0 atom stereocenters. The summed E-state index contributed by atoms with van der Waals surface area (Å²) in [5.41, 5.74) is 1.72. The molecule has 5 nitrogen and oxygen atoms in total. The minimum Gasteiger partial charge on any atom is -0.311 e. The van der Waals surface area contributed by atoms with Crippen molar-refractivity contribution >= 4 is 22.2 Å². The highest BCUT2D eigenvalue weighted by Gasteiger charge is 2.13. The first-order valence-electron chi connectivity index (χ1n) is 4.91. The van der Waals surface area contributed by atoms with E-state index >= 15 is 0 Å². The molecule has 0 unspecified atom stereocenters. The molecule has 2 aromatic heterocycles. The van der Waals surface area contributed by atoms with Crippen LogP contribution in [0, 0.1) is 18.3 Å². The molecule has 2 aromatic rings. The molecule has 0 aromatic carbocycles. The van der Waals surface area contributed by atoms with Crippen molar-refractivity contribution in [3.05, 3.63) is 34.5 Å². The molecule has 0 bridgehead atoms. The molecule has 0 fully saturated rings. The number of nitrogens with one attached hydrogen (secondary N) is 1. The fraction of sp³-hybridized carbons (Fsp3) is 0.182. The molecule has 0 radical (unpaired) electrons. The standard InChI is InChI=1S/C11H10N4OS/c1-7-5-9(14-15(7)2)10(16)13-11-8(6-12)3-4-17-11/h3-5H,1-2H3,(H,13,16). The van der Waals surface area contributed by atoms with Gasteiger partial charge in [0.2, 0.25) is 0 Å². The van der Waals surface area contributed by atoms with E-state index in [-0.39, 0.29) is 5.91 Å². The van der Waals surface area contributed by atoms with E-state index in [9.17, 15) is 4.79 Å². The van der Waals surface area contributed by atoms with Gasteiger partial charge in [0.05, 0.1) is 5.56 Å². The molecular weight excluding hydrogens is 236 g/mol. The van der Waals surface area contributed by atoms with E-state index in [1.165, 1.54) is 11.3 Å². The summed E-state index contributed by atoms with van der Waals surface area (Å²) in [4.78, 5) is 11.9. The molecule has 0 aliphatic rings. The SMILES string of the molecule is Cc1cc(C(=O)Nc2sccc2C#N)nn1C. The van der Waals surface area contributed by atoms with Gasteiger partial charge in [-0.3, -0.25) is 9.48 Å². The highest BCUT2D eigenvalue weighted by molar-refractivity contribution is 7.14. The zero-order chi connectivity index (χ0) is 12.4. The fourth-order valence-electron chi connectivity index (χ4n) is 1.33. The van der Waals surface area contributed by atoms with Crippen LogP contribution in [-0.2, 0) is 7.05 Å². The first-order valence-corrected chi connectivity index (χ1v) is 5.79. The Bertz CT molecular complexity index is 586. The van der Waals surface area contributed by atoms with E-state index in [0.717, 1.165) is 5.69 Å². The van der Waals surface area contributed by atoms with Crippen LogP contribution < -0.4 is 5.32 Å². The first kappa shape index (κ1) is 11.4. The molecule has 0 saturated carbocycles. The van der Waals surface area contributed by atoms with Gasteiger partial charge in [0.25, 0.3) is 5.91 Å². The van der Waals surface area contributed by atoms with Gasteiger partial charge in [-0.05, 0) is 24.4 Å². The van der Waals surface area contributed by atoms with E-state index in [4.69, 9.17) is 5.26 Å². The van der Waals surface area contributed by atoms with Gasteiger partial charge in [0, 0.05) is 12.7 Å². The number of aryl methyl sites for hydroxylation is 2. The van der Waals surface area contributed by atoms with E-state index < -0.39 is 0 Å². The minimum absolute atomic E-state index is 0.298. The lowest BCUT2D eigenvalue weighted by Crippen LogP contribution is -2.12. The van der Waals surface area contributed by atoms with Crippen molar-refractivity contribution in [3.63, 3.8) is 0 Å². The van der Waals surface area contributed by atoms with Crippen LogP contribution in [0.15, 0.2) is 17.5 Å². The normalized spacial score (nSPS) is 9.94. The van der Waals surface area contributed by atoms with E-state index in [1.54, 1.807) is 29.2 Å². The van der Waals surface area contributed by atoms with Crippen LogP contribution in [0.4, 0.5) is 5.00 Å². The van der Waals surface area contributed by atoms with Gasteiger partial charge in [-0.2, -0.15) is 10.4 Å². The lowest BCUT2D eigenvalue weighted by molar-refractivity contribution is 0.102. The molecule has 17 heavy (non-hydrogen) atoms. The van der Waals surface area contributed by atoms with Crippen molar-refractivity contribution < 1.29 is 4.79 Å². The summed E-state index contributed by atoms with van der Waals surface area (Å²) >= 11 is 1.32. The summed E-state index contributed by atoms with van der Waals surface area (Å²) < 4.78 is 1.63. The third-order valence-corrected chi connectivity index (χ3v) is 3.19. The van der Waals surface area contributed by atoms with Crippen LogP contribution >= 0.6 is 11.3 Å². The Hall–Kier alpha value is -2.13. The third-order valence-electron chi connectivity index (χ3n) is 2.36. The number of hydrogen-bond acceptors (Lipinski definition) is 4. The molecule has 0 saturated heterocycles. The average Bonchev–Trinajstić information content (AvgIpc) is 2.86. The highest BCUT2D eigenvalue weighted by atomic mass is 32.1. The van der Waals surface area contributed by atoms with E-state index in [1.807, 2.05) is 13.0 Å². The van der Waals surface area contributed by atoms with Crippen LogP contribution in [0.2, 0.25) is 0 Å². The van der Waals surface area contributed by atoms with Crippen molar-refractivity contribution in [2.45, 2.75) is 6.92 Å². The molecule has 6 heteroatoms. The predicted octanol–water partition coefficient (Wildman–Crippen LogP) is 1.91. The lowest BCUT2D eigenvalue weighted by atomic mass is 10.3. The summed E-state index contributed by atoms with van der Waals surface area (Å²) in [6, 6.07) is 5.39. The molecule has 0 aliphatic heterocycles. The van der Waals surface area contributed by atoms with Crippen molar-refractivity contribution in [1.82, 2.24) is 9.78 Å². The van der Waals surface area contributed by atoms with Crippen LogP contribution in [0.3, 0.4) is 0 Å². The van der Waals surface area contributed by atoms with Gasteiger partial charge in [-0.1, -0.05) is 0 Å². The van der Waals surface area contributed by atoms with Crippen molar-refractivity contribution in [2.24, 2.45) is 7.05 Å². The maximum atomic E-state index is 11.9. The summed E-state index contributed by atoms with van der Waals surface area (Å²) in [6.07, 6.45) is 0. The smallest absolute Gasteiger partial charge is 0.276 e. The molecule has 1 N–H and O–H groups in total. The number of nitrogens with zero attached hydrogens (tertiary/aromatic N) is 3. The summed E-state index contributed by atoms with van der Waals surface area (Å²) in [6.45, 7) is 1.87. The predicted molar refractivity (Wildman–Crippen MR) is 64.9 cm³/mol. The number of nitriles is 1. The Morgan fingerprint density at radius 2 is 2.41 bits per heavy atom. The largest absolute Gasteiger partial charge is 0.311 e. The van der Waals surface area contributed by atoms with Crippen molar-refractivity contribution in [2.75, 3.05) is 5.32 Å². The van der Waals surface area contributed by atoms with E-state index in [0.29, 0.717) is 16.3 Å². The van der Waals surface area contributed by atoms with Crippen LogP contribution in [0.1, 0.15) is 21.7 Å². The van der Waals surface area contributed by atoms with Gasteiger partial charge in [-0.25, -0.2) is 0 Å². The zero-order valence-corrected chi connectivity index (χ0v) is 10.2. The lowest BCUT2D eigenvalue weighted by Gasteiger charge is -1.99. The van der Waals surface area contributed by atoms with Crippen LogP contribution in [0.5, 0.6) is 0 Å². The number of carbonyl (C=O) groups excluding carboxylic acids is 1. The van der Waals surface area contributed by atoms with Crippen LogP contribution in [-0.4, -0.2) is 15.7 Å². The Morgan fingerprint density at radius 1 is 1.65 bits per heavy atom. The van der Waals surface area contributed by atoms with Gasteiger partial charge in [0.15, 0.2) is 5.69 Å². The second-order valence-corrected chi connectivity index (χ2v) is 4.44. The molecule has 0 aliphatic carbocycles. The number of anilines is 1. The topological polar surface area (TPSA) is 70.7 Å². The Kier molecular flexibility index (Phi) is 2.93. The number of hydrogen-bond donors (Lipinski definition) is 1. The number of amides is 1. The molecule has 2 rings (SSSR count). The molecule has 1 amide bonds. The summed E-state index contributed by atoms with van der Waals surface area (Å²) in [7, 11) is 1.78. The monoisotopic (exact) mass is 246 g/mol. The van der Waals surface area contributed by atoms with Crippen LogP contribution in [0.25, 0.3) is 0 Å². The van der Waals surface area contributed by atoms with Gasteiger partial charge >= 0.3 is 0 Å². The molecule has 2 heterocycles. The van der Waals surface area contributed by atoms with E-state index in [2.05, 4.69) is 10.4 Å². The second-order valence-electron chi connectivity index (χ2n) is 3.52.